The van der Waals surface area contributed by atoms with Gasteiger partial charge >= 0.3 is 5.97 Å². The van der Waals surface area contributed by atoms with Crippen molar-refractivity contribution in [3.63, 3.8) is 0 Å². The molecule has 1 saturated heterocycles. The maximum atomic E-state index is 10.7. The normalized spacial score (nSPS) is 41.7. The smallest absolute Gasteiger partial charge is 0.364 e. The number of hydrogen-bond donors (Lipinski definition) is 6. The van der Waals surface area contributed by atoms with E-state index in [2.05, 4.69) is 4.74 Å². The van der Waals surface area contributed by atoms with Crippen LogP contribution >= 0.6 is 0 Å². The Hall–Kier alpha value is -0.770. The van der Waals surface area contributed by atoms with Crippen molar-refractivity contribution in [3.05, 3.63) is 0 Å². The Labute approximate surface area is 90.3 Å². The Morgan fingerprint density at radius 2 is 2.06 bits per heavy atom. The van der Waals surface area contributed by atoms with Gasteiger partial charge in [0.1, 0.15) is 18.3 Å². The molecule has 0 bridgehead atoms. The summed E-state index contributed by atoms with van der Waals surface area (Å²) in [4.78, 5) is 10.7. The van der Waals surface area contributed by atoms with Crippen LogP contribution in [-0.2, 0) is 9.53 Å². The van der Waals surface area contributed by atoms with Crippen LogP contribution in [0.4, 0.5) is 0 Å². The molecule has 94 valence electrons. The zero-order valence-electron chi connectivity index (χ0n) is 8.22. The third-order valence-corrected chi connectivity index (χ3v) is 2.45. The number of ether oxygens (including phenoxy) is 1. The standard InChI is InChI=1S/C8H14O8/c9-2-4(11)6-5(12)3(10)1-8(15,16-6)7(13)14/h3-6,9-12,15H,1-2H2,(H,13,14)/t3-,4-,5+,6-,8?/m1/s1. The van der Waals surface area contributed by atoms with Gasteiger partial charge in [0, 0.05) is 6.42 Å². The molecule has 16 heavy (non-hydrogen) atoms. The fraction of sp³-hybridized carbons (Fsp3) is 0.875. The molecule has 1 unspecified atom stereocenters. The molecule has 1 fully saturated rings. The molecule has 1 rings (SSSR count). The van der Waals surface area contributed by atoms with E-state index >= 15 is 0 Å². The summed E-state index contributed by atoms with van der Waals surface area (Å²) in [6.45, 7) is -0.801. The van der Waals surface area contributed by atoms with Gasteiger partial charge in [-0.1, -0.05) is 0 Å². The Kier molecular flexibility index (Phi) is 3.84. The van der Waals surface area contributed by atoms with Crippen LogP contribution in [0.15, 0.2) is 0 Å². The average Bonchev–Trinajstić information content (AvgIpc) is 2.22. The van der Waals surface area contributed by atoms with Crippen molar-refractivity contribution in [2.75, 3.05) is 6.61 Å². The number of aliphatic hydroxyl groups excluding tert-OH is 4. The van der Waals surface area contributed by atoms with Gasteiger partial charge in [-0.2, -0.15) is 0 Å². The Morgan fingerprint density at radius 1 is 1.50 bits per heavy atom. The largest absolute Gasteiger partial charge is 0.477 e. The molecular weight excluding hydrogens is 224 g/mol. The monoisotopic (exact) mass is 238 g/mol. The van der Waals surface area contributed by atoms with E-state index in [1.807, 2.05) is 0 Å². The van der Waals surface area contributed by atoms with E-state index in [4.69, 9.17) is 10.2 Å². The molecule has 5 atom stereocenters. The summed E-state index contributed by atoms with van der Waals surface area (Å²) in [6.07, 6.45) is -7.05. The fourth-order valence-corrected chi connectivity index (χ4v) is 1.51. The van der Waals surface area contributed by atoms with Gasteiger partial charge in [0.15, 0.2) is 0 Å². The predicted molar refractivity (Wildman–Crippen MR) is 47.2 cm³/mol. The summed E-state index contributed by atoms with van der Waals surface area (Å²) >= 11 is 0. The molecular formula is C8H14O8. The van der Waals surface area contributed by atoms with Gasteiger partial charge in [-0.05, 0) is 0 Å². The third kappa shape index (κ3) is 2.32. The number of carboxylic acids is 1. The van der Waals surface area contributed by atoms with E-state index in [1.165, 1.54) is 0 Å². The number of carbonyl (C=O) groups is 1. The highest BCUT2D eigenvalue weighted by atomic mass is 16.7. The molecule has 8 nitrogen and oxygen atoms in total. The Morgan fingerprint density at radius 3 is 2.50 bits per heavy atom. The highest BCUT2D eigenvalue weighted by molar-refractivity contribution is 5.75. The van der Waals surface area contributed by atoms with E-state index in [9.17, 15) is 25.2 Å². The zero-order valence-corrected chi connectivity index (χ0v) is 8.22. The summed E-state index contributed by atoms with van der Waals surface area (Å²) in [7, 11) is 0. The van der Waals surface area contributed by atoms with Gasteiger partial charge in [0.2, 0.25) is 0 Å². The van der Waals surface area contributed by atoms with Gasteiger partial charge < -0.3 is 35.4 Å². The van der Waals surface area contributed by atoms with Crippen LogP contribution in [0, 0.1) is 0 Å². The maximum absolute atomic E-state index is 10.7. The number of hydrogen-bond acceptors (Lipinski definition) is 7. The molecule has 0 amide bonds. The lowest BCUT2D eigenvalue weighted by molar-refractivity contribution is -0.308. The Balaban J connectivity index is 2.89. The number of aliphatic hydroxyl groups is 5. The topological polar surface area (TPSA) is 148 Å². The summed E-state index contributed by atoms with van der Waals surface area (Å²) < 4.78 is 4.61. The molecule has 0 aromatic rings. The van der Waals surface area contributed by atoms with Crippen LogP contribution in [0.25, 0.3) is 0 Å². The SMILES string of the molecule is O=C(O)C1(O)C[C@@H](O)[C@H](O)[C@@H]([C@H](O)CO)O1. The lowest BCUT2D eigenvalue weighted by Gasteiger charge is -2.41. The molecule has 8 heteroatoms. The van der Waals surface area contributed by atoms with Crippen molar-refractivity contribution in [3.8, 4) is 0 Å². The lowest BCUT2D eigenvalue weighted by atomic mass is 9.93. The van der Waals surface area contributed by atoms with E-state index in [-0.39, 0.29) is 0 Å². The highest BCUT2D eigenvalue weighted by Crippen LogP contribution is 2.29. The van der Waals surface area contributed by atoms with Crippen molar-refractivity contribution in [2.45, 2.75) is 36.6 Å². The van der Waals surface area contributed by atoms with Crippen molar-refractivity contribution in [1.29, 1.82) is 0 Å². The first-order chi connectivity index (χ1) is 7.31. The van der Waals surface area contributed by atoms with Crippen molar-refractivity contribution >= 4 is 5.97 Å². The minimum absolute atomic E-state index is 0.724. The van der Waals surface area contributed by atoms with Crippen LogP contribution in [0.3, 0.4) is 0 Å². The van der Waals surface area contributed by atoms with Crippen LogP contribution in [-0.4, -0.2) is 73.4 Å². The van der Waals surface area contributed by atoms with Crippen molar-refractivity contribution in [1.82, 2.24) is 0 Å². The molecule has 6 N–H and O–H groups in total. The highest BCUT2D eigenvalue weighted by Gasteiger charge is 2.52. The predicted octanol–water partition coefficient (Wildman–Crippen LogP) is -3.38. The molecule has 0 radical (unpaired) electrons. The van der Waals surface area contributed by atoms with Gasteiger partial charge in [0.05, 0.1) is 12.7 Å². The summed E-state index contributed by atoms with van der Waals surface area (Å²) in [5, 5.41) is 54.7. The van der Waals surface area contributed by atoms with Crippen LogP contribution in [0.1, 0.15) is 6.42 Å². The van der Waals surface area contributed by atoms with Gasteiger partial charge in [-0.15, -0.1) is 0 Å². The molecule has 0 spiro atoms. The number of rotatable bonds is 3. The molecule has 1 heterocycles. The van der Waals surface area contributed by atoms with Gasteiger partial charge in [0.25, 0.3) is 5.79 Å². The second-order valence-electron chi connectivity index (χ2n) is 3.68. The summed E-state index contributed by atoms with van der Waals surface area (Å²) in [5.74, 6) is -4.42. The molecule has 0 saturated carbocycles. The minimum Gasteiger partial charge on any atom is -0.477 e. The van der Waals surface area contributed by atoms with Crippen LogP contribution in [0.5, 0.6) is 0 Å². The number of carboxylic acid groups (broad SMARTS) is 1. The lowest BCUT2D eigenvalue weighted by Crippen LogP contribution is -2.61. The second-order valence-corrected chi connectivity index (χ2v) is 3.68. The Bertz CT molecular complexity index is 269. The second kappa shape index (κ2) is 4.62. The fourth-order valence-electron chi connectivity index (χ4n) is 1.51. The molecule has 0 aliphatic carbocycles. The van der Waals surface area contributed by atoms with Crippen LogP contribution < -0.4 is 0 Å². The van der Waals surface area contributed by atoms with Crippen molar-refractivity contribution < 1.29 is 40.2 Å². The first-order valence-electron chi connectivity index (χ1n) is 4.60. The molecule has 0 aromatic carbocycles. The molecule has 0 aromatic heterocycles. The zero-order chi connectivity index (χ0) is 12.5. The van der Waals surface area contributed by atoms with Gasteiger partial charge in [-0.25, -0.2) is 4.79 Å². The summed E-state index contributed by atoms with van der Waals surface area (Å²) in [5.41, 5.74) is 0. The first kappa shape index (κ1) is 13.3. The maximum Gasteiger partial charge on any atom is 0.364 e. The van der Waals surface area contributed by atoms with Crippen LogP contribution in [0.2, 0.25) is 0 Å². The average molecular weight is 238 g/mol. The van der Waals surface area contributed by atoms with E-state index in [0.717, 1.165) is 0 Å². The van der Waals surface area contributed by atoms with Gasteiger partial charge in [-0.3, -0.25) is 0 Å². The molecule has 1 aliphatic rings. The van der Waals surface area contributed by atoms with E-state index < -0.39 is 49.2 Å². The number of aliphatic carboxylic acids is 1. The minimum atomic E-state index is -2.68. The quantitative estimate of drug-likeness (QED) is 0.298. The summed E-state index contributed by atoms with van der Waals surface area (Å²) in [6, 6.07) is 0. The molecule has 1 aliphatic heterocycles. The van der Waals surface area contributed by atoms with Crippen molar-refractivity contribution in [2.24, 2.45) is 0 Å². The van der Waals surface area contributed by atoms with E-state index in [1.54, 1.807) is 0 Å². The third-order valence-electron chi connectivity index (χ3n) is 2.45. The van der Waals surface area contributed by atoms with E-state index in [0.29, 0.717) is 0 Å². The first-order valence-corrected chi connectivity index (χ1v) is 4.60.